The summed E-state index contributed by atoms with van der Waals surface area (Å²) in [5, 5.41) is 11.1. The second kappa shape index (κ2) is 11.8. The van der Waals surface area contributed by atoms with Crippen LogP contribution in [0.4, 0.5) is 8.78 Å². The topological polar surface area (TPSA) is 53.8 Å². The molecule has 2 atom stereocenters. The van der Waals surface area contributed by atoms with Crippen LogP contribution in [-0.2, 0) is 4.79 Å². The lowest BCUT2D eigenvalue weighted by Gasteiger charge is -2.18. The molecule has 1 aliphatic carbocycles. The number of nitrogens with zero attached hydrogens (tertiary/aromatic N) is 2. The first-order valence-electron chi connectivity index (χ1n) is 10.8. The van der Waals surface area contributed by atoms with Crippen molar-refractivity contribution in [3.8, 4) is 0 Å². The monoisotopic (exact) mass is 405 g/mol. The van der Waals surface area contributed by atoms with E-state index in [1.165, 1.54) is 31.0 Å². The number of benzene rings is 1. The predicted molar refractivity (Wildman–Crippen MR) is 112 cm³/mol. The molecule has 1 saturated carbocycles. The Kier molecular flexibility index (Phi) is 9.42. The first kappa shape index (κ1) is 23.2. The van der Waals surface area contributed by atoms with E-state index in [9.17, 15) is 13.6 Å². The van der Waals surface area contributed by atoms with E-state index in [0.717, 1.165) is 25.7 Å². The number of azo groups is 1. The van der Waals surface area contributed by atoms with Gasteiger partial charge in [0.1, 0.15) is 11.6 Å². The molecule has 6 heteroatoms. The fourth-order valence-corrected chi connectivity index (χ4v) is 3.69. The normalized spacial score (nSPS) is 17.6. The van der Waals surface area contributed by atoms with Crippen LogP contribution in [0.2, 0.25) is 0 Å². The maximum atomic E-state index is 14.2. The predicted octanol–water partition coefficient (Wildman–Crippen LogP) is 6.28. The van der Waals surface area contributed by atoms with E-state index in [-0.39, 0.29) is 29.0 Å². The van der Waals surface area contributed by atoms with Gasteiger partial charge >= 0.3 is 0 Å². The Labute approximate surface area is 172 Å². The van der Waals surface area contributed by atoms with Crippen LogP contribution in [0.3, 0.4) is 0 Å². The van der Waals surface area contributed by atoms with Crippen LogP contribution in [0.5, 0.6) is 0 Å². The molecule has 4 nitrogen and oxygen atoms in total. The molecule has 1 aromatic carbocycles. The molecule has 160 valence electrons. The zero-order chi connectivity index (χ0) is 21.2. The number of allylic oxidation sites excluding steroid dienone is 1. The molecule has 1 N–H and O–H groups in total. The van der Waals surface area contributed by atoms with Gasteiger partial charge in [-0.3, -0.25) is 4.79 Å². The molecular weight excluding hydrogens is 372 g/mol. The molecule has 0 saturated heterocycles. The third kappa shape index (κ3) is 7.33. The summed E-state index contributed by atoms with van der Waals surface area (Å²) in [6, 6.07) is 4.14. The number of carbonyl (C=O) groups excluding carboxylic acids is 1. The SMILES string of the molecule is CCN=N/C(=C\C(C)[C@H](C)CCCC(=O)NC1CCCC1)c1c(F)cccc1F. The molecule has 0 bridgehead atoms. The van der Waals surface area contributed by atoms with Crippen LogP contribution in [0.1, 0.15) is 71.3 Å². The summed E-state index contributed by atoms with van der Waals surface area (Å²) in [7, 11) is 0. The van der Waals surface area contributed by atoms with Crippen molar-refractivity contribution in [2.75, 3.05) is 6.54 Å². The van der Waals surface area contributed by atoms with E-state index in [2.05, 4.69) is 22.5 Å². The van der Waals surface area contributed by atoms with Crippen molar-refractivity contribution in [2.45, 2.75) is 71.8 Å². The van der Waals surface area contributed by atoms with Gasteiger partial charge in [0.2, 0.25) is 5.91 Å². The summed E-state index contributed by atoms with van der Waals surface area (Å²) in [6.45, 7) is 6.35. The molecule has 0 radical (unpaired) electrons. The van der Waals surface area contributed by atoms with Crippen molar-refractivity contribution < 1.29 is 13.6 Å². The van der Waals surface area contributed by atoms with E-state index in [1.54, 1.807) is 6.08 Å². The van der Waals surface area contributed by atoms with Gasteiger partial charge in [-0.05, 0) is 56.6 Å². The second-order valence-electron chi connectivity index (χ2n) is 7.98. The fourth-order valence-electron chi connectivity index (χ4n) is 3.69. The maximum absolute atomic E-state index is 14.2. The van der Waals surface area contributed by atoms with Crippen molar-refractivity contribution in [1.82, 2.24) is 5.32 Å². The lowest BCUT2D eigenvalue weighted by Crippen LogP contribution is -2.32. The van der Waals surface area contributed by atoms with Crippen molar-refractivity contribution in [3.05, 3.63) is 41.5 Å². The van der Waals surface area contributed by atoms with Crippen molar-refractivity contribution >= 4 is 11.6 Å². The zero-order valence-electron chi connectivity index (χ0n) is 17.8. The molecule has 0 aliphatic heterocycles. The number of amides is 1. The average Bonchev–Trinajstić information content (AvgIpc) is 3.18. The average molecular weight is 406 g/mol. The molecule has 29 heavy (non-hydrogen) atoms. The Morgan fingerprint density at radius 2 is 1.90 bits per heavy atom. The number of halogens is 2. The van der Waals surface area contributed by atoms with E-state index in [1.807, 2.05) is 13.8 Å². The quantitative estimate of drug-likeness (QED) is 0.458. The summed E-state index contributed by atoms with van der Waals surface area (Å²) in [4.78, 5) is 12.1. The minimum absolute atomic E-state index is 0.0395. The lowest BCUT2D eigenvalue weighted by atomic mass is 9.89. The maximum Gasteiger partial charge on any atom is 0.220 e. The van der Waals surface area contributed by atoms with Gasteiger partial charge < -0.3 is 5.32 Å². The minimum Gasteiger partial charge on any atom is -0.353 e. The van der Waals surface area contributed by atoms with Crippen molar-refractivity contribution in [2.24, 2.45) is 22.1 Å². The van der Waals surface area contributed by atoms with Crippen LogP contribution in [0.25, 0.3) is 5.70 Å². The largest absolute Gasteiger partial charge is 0.353 e. The highest BCUT2D eigenvalue weighted by molar-refractivity contribution is 5.76. The summed E-state index contributed by atoms with van der Waals surface area (Å²) in [5.41, 5.74) is 0.0838. The summed E-state index contributed by atoms with van der Waals surface area (Å²) >= 11 is 0. The lowest BCUT2D eigenvalue weighted by molar-refractivity contribution is -0.121. The summed E-state index contributed by atoms with van der Waals surface area (Å²) < 4.78 is 28.4. The summed E-state index contributed by atoms with van der Waals surface area (Å²) in [6.07, 6.45) is 8.52. The van der Waals surface area contributed by atoms with Crippen molar-refractivity contribution in [1.29, 1.82) is 0 Å². The van der Waals surface area contributed by atoms with Gasteiger partial charge in [0.25, 0.3) is 0 Å². The van der Waals surface area contributed by atoms with Crippen LogP contribution in [-0.4, -0.2) is 18.5 Å². The number of rotatable bonds is 10. The molecule has 1 unspecified atom stereocenters. The van der Waals surface area contributed by atoms with Crippen LogP contribution in [0.15, 0.2) is 34.5 Å². The van der Waals surface area contributed by atoms with Gasteiger partial charge in [0, 0.05) is 12.5 Å². The first-order chi connectivity index (χ1) is 13.9. The number of carbonyl (C=O) groups is 1. The third-order valence-corrected chi connectivity index (χ3v) is 5.64. The highest BCUT2D eigenvalue weighted by Crippen LogP contribution is 2.28. The Morgan fingerprint density at radius 3 is 2.52 bits per heavy atom. The van der Waals surface area contributed by atoms with Gasteiger partial charge in [0.05, 0.1) is 17.8 Å². The Morgan fingerprint density at radius 1 is 1.24 bits per heavy atom. The molecule has 0 spiro atoms. The smallest absolute Gasteiger partial charge is 0.220 e. The molecule has 1 fully saturated rings. The molecule has 0 aromatic heterocycles. The van der Waals surface area contributed by atoms with Gasteiger partial charge in [-0.15, -0.1) is 0 Å². The highest BCUT2D eigenvalue weighted by atomic mass is 19.1. The number of hydrogen-bond donors (Lipinski definition) is 1. The molecule has 2 rings (SSSR count). The highest BCUT2D eigenvalue weighted by Gasteiger charge is 2.19. The first-order valence-corrected chi connectivity index (χ1v) is 10.8. The standard InChI is InChI=1S/C23H33F2N3O/c1-4-26-28-21(23-19(24)12-8-13-20(23)25)15-17(3)16(2)9-7-14-22(29)27-18-10-5-6-11-18/h8,12-13,15-18H,4-7,9-11,14H2,1-3H3,(H,27,29)/b21-15-,28-26?/t16-,17?/m1/s1. The molecule has 0 heterocycles. The molecule has 1 aliphatic rings. The summed E-state index contributed by atoms with van der Waals surface area (Å²) in [5.74, 6) is -0.878. The minimum atomic E-state index is -0.644. The van der Waals surface area contributed by atoms with E-state index in [0.29, 0.717) is 19.0 Å². The Hall–Kier alpha value is -2.11. The van der Waals surface area contributed by atoms with Gasteiger partial charge in [-0.2, -0.15) is 10.2 Å². The van der Waals surface area contributed by atoms with Gasteiger partial charge in [-0.25, -0.2) is 8.78 Å². The zero-order valence-corrected chi connectivity index (χ0v) is 17.8. The second-order valence-corrected chi connectivity index (χ2v) is 7.98. The van der Waals surface area contributed by atoms with Crippen LogP contribution >= 0.6 is 0 Å². The van der Waals surface area contributed by atoms with E-state index in [4.69, 9.17) is 0 Å². The number of nitrogens with one attached hydrogen (secondary N) is 1. The molecule has 1 amide bonds. The van der Waals surface area contributed by atoms with E-state index < -0.39 is 11.6 Å². The molecule has 1 aromatic rings. The van der Waals surface area contributed by atoms with Gasteiger partial charge in [0.15, 0.2) is 0 Å². The Bertz CT molecular complexity index is 707. The van der Waals surface area contributed by atoms with E-state index >= 15 is 0 Å². The van der Waals surface area contributed by atoms with Gasteiger partial charge in [-0.1, -0.05) is 38.8 Å². The molecular formula is C23H33F2N3O. The number of hydrogen-bond acceptors (Lipinski definition) is 3. The van der Waals surface area contributed by atoms with Crippen LogP contribution in [0, 0.1) is 23.5 Å². The fraction of sp³-hybridized carbons (Fsp3) is 0.609. The van der Waals surface area contributed by atoms with Crippen molar-refractivity contribution in [3.63, 3.8) is 0 Å². The Balaban J connectivity index is 1.95. The van der Waals surface area contributed by atoms with Crippen LogP contribution < -0.4 is 5.32 Å². The third-order valence-electron chi connectivity index (χ3n) is 5.64.